The summed E-state index contributed by atoms with van der Waals surface area (Å²) in [7, 11) is -1.92. The van der Waals surface area contributed by atoms with Gasteiger partial charge in [-0.2, -0.15) is 0 Å². The lowest BCUT2D eigenvalue weighted by Crippen LogP contribution is -2.18. The van der Waals surface area contributed by atoms with E-state index in [1.165, 1.54) is 0 Å². The minimum Gasteiger partial charge on any atom is -0.465 e. The molecule has 0 amide bonds. The maximum atomic E-state index is 12.7. The Balaban J connectivity index is 2.48. The average molecular weight is 420 g/mol. The maximum Gasteiger partial charge on any atom is 0.265 e. The van der Waals surface area contributed by atoms with Crippen LogP contribution in [0.25, 0.3) is 0 Å². The highest BCUT2D eigenvalue weighted by molar-refractivity contribution is 14.1. The Morgan fingerprint density at radius 2 is 1.86 bits per heavy atom. The van der Waals surface area contributed by atoms with Crippen LogP contribution in [0, 0.1) is 17.4 Å². The molecule has 2 rings (SSSR count). The molecule has 0 spiro atoms. The molecule has 0 aliphatic carbocycles. The smallest absolute Gasteiger partial charge is 0.265 e. The molecule has 0 atom stereocenters. The number of benzene rings is 1. The second-order valence-corrected chi connectivity index (χ2v) is 7.42. The van der Waals surface area contributed by atoms with Crippen LogP contribution in [-0.4, -0.2) is 15.5 Å². The van der Waals surface area contributed by atoms with E-state index in [-0.39, 0.29) is 4.90 Å². The third kappa shape index (κ3) is 3.41. The molecule has 2 aromatic rings. The summed E-state index contributed by atoms with van der Waals surface area (Å²) in [5, 5.41) is 2.97. The summed E-state index contributed by atoms with van der Waals surface area (Å²) in [6.07, 6.45) is 0. The molecule has 1 aromatic carbocycles. The predicted molar refractivity (Wildman–Crippen MR) is 90.9 cm³/mol. The van der Waals surface area contributed by atoms with Crippen LogP contribution < -0.4 is 10.0 Å². The first-order chi connectivity index (χ1) is 9.86. The molecule has 1 heterocycles. The number of rotatable bonds is 5. The minimum atomic E-state index is -3.69. The van der Waals surface area contributed by atoms with E-state index in [0.717, 1.165) is 3.57 Å². The second-order valence-electron chi connectivity index (χ2n) is 4.64. The average Bonchev–Trinajstić information content (AvgIpc) is 2.68. The third-order valence-electron chi connectivity index (χ3n) is 3.07. The molecule has 0 unspecified atom stereocenters. The van der Waals surface area contributed by atoms with E-state index >= 15 is 0 Å². The van der Waals surface area contributed by atoms with Gasteiger partial charge in [-0.05, 0) is 55.6 Å². The molecular weight excluding hydrogens is 403 g/mol. The van der Waals surface area contributed by atoms with Gasteiger partial charge in [0.25, 0.3) is 10.0 Å². The quantitative estimate of drug-likeness (QED) is 0.730. The SMILES string of the molecule is CNCc1c(C)oc(C)c1S(=O)(=O)Nc1ccccc1I. The molecule has 21 heavy (non-hydrogen) atoms. The highest BCUT2D eigenvalue weighted by Crippen LogP contribution is 2.29. The summed E-state index contributed by atoms with van der Waals surface area (Å²) < 4.78 is 34.3. The lowest BCUT2D eigenvalue weighted by Gasteiger charge is -2.11. The summed E-state index contributed by atoms with van der Waals surface area (Å²) in [6, 6.07) is 7.24. The number of hydrogen-bond acceptors (Lipinski definition) is 4. The van der Waals surface area contributed by atoms with Crippen molar-refractivity contribution in [3.05, 3.63) is 44.9 Å². The normalized spacial score (nSPS) is 11.6. The zero-order valence-corrected chi connectivity index (χ0v) is 15.0. The van der Waals surface area contributed by atoms with Gasteiger partial charge in [0, 0.05) is 15.7 Å². The number of nitrogens with one attached hydrogen (secondary N) is 2. The molecule has 0 radical (unpaired) electrons. The molecule has 0 saturated carbocycles. The second kappa shape index (κ2) is 6.37. The van der Waals surface area contributed by atoms with E-state index in [1.54, 1.807) is 33.0 Å². The summed E-state index contributed by atoms with van der Waals surface area (Å²) in [4.78, 5) is 0.217. The van der Waals surface area contributed by atoms with Crippen LogP contribution in [0.15, 0.2) is 33.6 Å². The lowest BCUT2D eigenvalue weighted by atomic mass is 10.2. The van der Waals surface area contributed by atoms with E-state index in [0.29, 0.717) is 29.3 Å². The highest BCUT2D eigenvalue weighted by Gasteiger charge is 2.27. The highest BCUT2D eigenvalue weighted by atomic mass is 127. The summed E-state index contributed by atoms with van der Waals surface area (Å²) >= 11 is 2.10. The third-order valence-corrected chi connectivity index (χ3v) is 5.57. The van der Waals surface area contributed by atoms with Crippen LogP contribution in [0.4, 0.5) is 5.69 Å². The van der Waals surface area contributed by atoms with Crippen molar-refractivity contribution in [1.82, 2.24) is 5.32 Å². The van der Waals surface area contributed by atoms with Gasteiger partial charge in [0.05, 0.1) is 5.69 Å². The number of anilines is 1. The fourth-order valence-electron chi connectivity index (χ4n) is 2.18. The Morgan fingerprint density at radius 1 is 1.19 bits per heavy atom. The Hall–Kier alpha value is -1.06. The number of hydrogen-bond donors (Lipinski definition) is 2. The molecule has 0 aliphatic heterocycles. The Labute approximate surface area is 138 Å². The van der Waals surface area contributed by atoms with Gasteiger partial charge in [-0.3, -0.25) is 4.72 Å². The van der Waals surface area contributed by atoms with E-state index in [1.807, 2.05) is 12.1 Å². The van der Waals surface area contributed by atoms with Crippen LogP contribution in [-0.2, 0) is 16.6 Å². The van der Waals surface area contributed by atoms with Crippen molar-refractivity contribution in [2.75, 3.05) is 11.8 Å². The summed E-state index contributed by atoms with van der Waals surface area (Å²) in [5.41, 5.74) is 1.22. The fourth-order valence-corrected chi connectivity index (χ4v) is 4.42. The van der Waals surface area contributed by atoms with Crippen molar-refractivity contribution in [3.8, 4) is 0 Å². The number of aryl methyl sites for hydroxylation is 2. The number of sulfonamides is 1. The fraction of sp³-hybridized carbons (Fsp3) is 0.286. The van der Waals surface area contributed by atoms with Crippen LogP contribution in [0.3, 0.4) is 0 Å². The summed E-state index contributed by atoms with van der Waals surface area (Å²) in [6.45, 7) is 3.87. The summed E-state index contributed by atoms with van der Waals surface area (Å²) in [5.74, 6) is 1.01. The zero-order chi connectivity index (χ0) is 15.6. The van der Waals surface area contributed by atoms with E-state index in [9.17, 15) is 8.42 Å². The molecule has 114 valence electrons. The van der Waals surface area contributed by atoms with Crippen molar-refractivity contribution < 1.29 is 12.8 Å². The number of halogens is 1. The first kappa shape index (κ1) is 16.3. The maximum absolute atomic E-state index is 12.7. The standard InChI is InChI=1S/C14H17IN2O3S/c1-9-11(8-16-3)14(10(2)20-9)21(18,19)17-13-7-5-4-6-12(13)15/h4-7,16-17H,8H2,1-3H3. The molecule has 0 aliphatic rings. The van der Waals surface area contributed by atoms with Crippen LogP contribution in [0.1, 0.15) is 17.1 Å². The van der Waals surface area contributed by atoms with Gasteiger partial charge in [0.2, 0.25) is 0 Å². The van der Waals surface area contributed by atoms with E-state index in [4.69, 9.17) is 4.42 Å². The van der Waals surface area contributed by atoms with Crippen molar-refractivity contribution in [2.45, 2.75) is 25.3 Å². The molecule has 0 fully saturated rings. The Kier molecular flexibility index (Phi) is 4.95. The minimum absolute atomic E-state index is 0.217. The molecule has 7 heteroatoms. The van der Waals surface area contributed by atoms with Gasteiger partial charge in [-0.25, -0.2) is 8.42 Å². The molecule has 2 N–H and O–H groups in total. The van der Waals surface area contributed by atoms with E-state index < -0.39 is 10.0 Å². The van der Waals surface area contributed by atoms with Crippen molar-refractivity contribution in [2.24, 2.45) is 0 Å². The molecule has 0 bridgehead atoms. The topological polar surface area (TPSA) is 71.3 Å². The molecular formula is C14H17IN2O3S. The molecule has 0 saturated heterocycles. The van der Waals surface area contributed by atoms with Gasteiger partial charge in [-0.15, -0.1) is 0 Å². The lowest BCUT2D eigenvalue weighted by molar-refractivity contribution is 0.494. The molecule has 5 nitrogen and oxygen atoms in total. The first-order valence-corrected chi connectivity index (χ1v) is 8.94. The number of furan rings is 1. The van der Waals surface area contributed by atoms with Crippen molar-refractivity contribution in [3.63, 3.8) is 0 Å². The van der Waals surface area contributed by atoms with Gasteiger partial charge in [0.15, 0.2) is 0 Å². The monoisotopic (exact) mass is 420 g/mol. The van der Waals surface area contributed by atoms with Crippen LogP contribution >= 0.6 is 22.6 Å². The van der Waals surface area contributed by atoms with Gasteiger partial charge < -0.3 is 9.73 Å². The Morgan fingerprint density at radius 3 is 2.48 bits per heavy atom. The van der Waals surface area contributed by atoms with Crippen LogP contribution in [0.2, 0.25) is 0 Å². The van der Waals surface area contributed by atoms with Gasteiger partial charge in [0.1, 0.15) is 16.4 Å². The zero-order valence-electron chi connectivity index (χ0n) is 12.0. The molecule has 1 aromatic heterocycles. The van der Waals surface area contributed by atoms with Gasteiger partial charge >= 0.3 is 0 Å². The largest absolute Gasteiger partial charge is 0.465 e. The van der Waals surface area contributed by atoms with E-state index in [2.05, 4.69) is 32.6 Å². The predicted octanol–water partition coefficient (Wildman–Crippen LogP) is 3.02. The van der Waals surface area contributed by atoms with Crippen molar-refractivity contribution >= 4 is 38.3 Å². The Bertz CT molecular complexity index is 754. The van der Waals surface area contributed by atoms with Gasteiger partial charge in [-0.1, -0.05) is 12.1 Å². The first-order valence-electron chi connectivity index (χ1n) is 6.37. The van der Waals surface area contributed by atoms with Crippen molar-refractivity contribution in [1.29, 1.82) is 0 Å². The van der Waals surface area contributed by atoms with Crippen LogP contribution in [0.5, 0.6) is 0 Å². The number of para-hydroxylation sites is 1.